The molecule has 17 heteroatoms. The second kappa shape index (κ2) is 14.3. The molecule has 6 aliphatic rings. The molecule has 5 heterocycles. The summed E-state index contributed by atoms with van der Waals surface area (Å²) < 4.78 is 30.0. The number of rotatable bonds is 8. The summed E-state index contributed by atoms with van der Waals surface area (Å²) >= 11 is 0. The average Bonchev–Trinajstić information content (AvgIpc) is 3.53. The zero-order valence-corrected chi connectivity index (χ0v) is 28.4. The smallest absolute Gasteiger partial charge is 0.390 e. The Hall–Kier alpha value is -4.35. The van der Waals surface area contributed by atoms with Crippen LogP contribution in [0.15, 0.2) is 23.4 Å². The first-order valence-corrected chi connectivity index (χ1v) is 17.7. The normalized spacial score (nSPS) is 29.3. The molecule has 1 aromatic carbocycles. The largest absolute Gasteiger partial charge is 0.510 e. The summed E-state index contributed by atoms with van der Waals surface area (Å²) in [5, 5.41) is 16.8. The van der Waals surface area contributed by atoms with Gasteiger partial charge in [-0.15, -0.1) is 0 Å². The van der Waals surface area contributed by atoms with Crippen LogP contribution in [0, 0.1) is 5.82 Å². The van der Waals surface area contributed by atoms with Gasteiger partial charge in [0.2, 0.25) is 5.91 Å². The zero-order chi connectivity index (χ0) is 35.8. The molecule has 51 heavy (non-hydrogen) atoms. The van der Waals surface area contributed by atoms with E-state index in [1.54, 1.807) is 12.1 Å². The van der Waals surface area contributed by atoms with Gasteiger partial charge in [0, 0.05) is 70.4 Å². The summed E-state index contributed by atoms with van der Waals surface area (Å²) in [5.41, 5.74) is -1.19. The van der Waals surface area contributed by atoms with Crippen LogP contribution in [0.25, 0.3) is 0 Å². The number of hydrogen-bond acceptors (Lipinski definition) is 14. The van der Waals surface area contributed by atoms with Crippen LogP contribution in [0.1, 0.15) is 56.9 Å². The molecule has 16 nitrogen and oxygen atoms in total. The van der Waals surface area contributed by atoms with Crippen molar-refractivity contribution in [3.8, 4) is 0 Å². The van der Waals surface area contributed by atoms with Crippen LogP contribution in [0.5, 0.6) is 0 Å². The molecular formula is C34H43FN6O10. The number of amides is 2. The molecule has 0 radical (unpaired) electrons. The Bertz CT molecular complexity index is 1560. The molecule has 4 saturated heterocycles. The van der Waals surface area contributed by atoms with Gasteiger partial charge >= 0.3 is 29.8 Å². The number of ether oxygens (including phenoxy) is 3. The van der Waals surface area contributed by atoms with Gasteiger partial charge in [-0.3, -0.25) is 29.0 Å². The third-order valence-corrected chi connectivity index (χ3v) is 10.6. The average molecular weight is 715 g/mol. The number of aliphatic hydroxyl groups is 1. The highest BCUT2D eigenvalue weighted by Crippen LogP contribution is 2.34. The molecule has 1 saturated carbocycles. The number of nitrogens with zero attached hydrogens (tertiary/aromatic N) is 5. The number of fused-ring (bicyclic) bond motifs is 3. The van der Waals surface area contributed by atoms with E-state index in [0.29, 0.717) is 55.7 Å². The lowest BCUT2D eigenvalue weighted by Gasteiger charge is -2.41. The molecule has 1 atom stereocenters. The number of esters is 3. The van der Waals surface area contributed by atoms with Crippen molar-refractivity contribution in [2.45, 2.75) is 75.1 Å². The number of nitrogens with one attached hydrogen (secondary N) is 1. The van der Waals surface area contributed by atoms with Crippen LogP contribution < -0.4 is 10.2 Å². The van der Waals surface area contributed by atoms with Gasteiger partial charge < -0.3 is 39.3 Å². The predicted molar refractivity (Wildman–Crippen MR) is 174 cm³/mol. The van der Waals surface area contributed by atoms with E-state index in [1.165, 1.54) is 38.2 Å². The van der Waals surface area contributed by atoms with Gasteiger partial charge in [-0.1, -0.05) is 30.5 Å². The van der Waals surface area contributed by atoms with E-state index in [1.807, 2.05) is 9.80 Å². The highest BCUT2D eigenvalue weighted by Gasteiger charge is 2.63. The Morgan fingerprint density at radius 3 is 2.27 bits per heavy atom. The van der Waals surface area contributed by atoms with Crippen LogP contribution in [-0.4, -0.2) is 144 Å². The fourth-order valence-electron chi connectivity index (χ4n) is 7.66. The first kappa shape index (κ1) is 35.1. The van der Waals surface area contributed by atoms with Gasteiger partial charge in [-0.05, 0) is 25.0 Å². The van der Waals surface area contributed by atoms with Crippen LogP contribution >= 0.6 is 0 Å². The van der Waals surface area contributed by atoms with Crippen LogP contribution in [-0.2, 0) is 43.0 Å². The molecule has 7 rings (SSSR count). The quantitative estimate of drug-likeness (QED) is 0.340. The molecule has 5 aliphatic heterocycles. The number of hydrogen-bond donors (Lipinski definition) is 2. The molecule has 2 bridgehead atoms. The van der Waals surface area contributed by atoms with Gasteiger partial charge in [0.15, 0.2) is 5.60 Å². The lowest BCUT2D eigenvalue weighted by atomic mass is 9.94. The minimum atomic E-state index is -3.03. The topological polar surface area (TPSA) is 180 Å². The molecule has 276 valence electrons. The maximum absolute atomic E-state index is 15.4. The Balaban J connectivity index is 0.865. The number of carbonyl (C=O) groups is 5. The van der Waals surface area contributed by atoms with Crippen LogP contribution in [0.2, 0.25) is 0 Å². The minimum Gasteiger partial charge on any atom is -0.390 e. The van der Waals surface area contributed by atoms with E-state index in [-0.39, 0.29) is 18.9 Å². The highest BCUT2D eigenvalue weighted by molar-refractivity contribution is 6.02. The fourth-order valence-corrected chi connectivity index (χ4v) is 7.66. The number of piperazine rings is 2. The van der Waals surface area contributed by atoms with Crippen molar-refractivity contribution < 1.29 is 52.5 Å². The van der Waals surface area contributed by atoms with E-state index in [4.69, 9.17) is 19.0 Å². The van der Waals surface area contributed by atoms with Crippen LogP contribution in [0.4, 0.5) is 10.1 Å². The predicted octanol–water partition coefficient (Wildman–Crippen LogP) is -0.144. The number of halogens is 1. The first-order valence-electron chi connectivity index (χ1n) is 17.7. The van der Waals surface area contributed by atoms with Crippen molar-refractivity contribution in [2.75, 3.05) is 70.3 Å². The van der Waals surface area contributed by atoms with Crippen molar-refractivity contribution in [3.63, 3.8) is 0 Å². The van der Waals surface area contributed by atoms with Crippen LogP contribution in [0.3, 0.4) is 0 Å². The second-order valence-electron chi connectivity index (χ2n) is 14.1. The summed E-state index contributed by atoms with van der Waals surface area (Å²) in [6, 6.07) is 5.45. The summed E-state index contributed by atoms with van der Waals surface area (Å²) in [6.45, 7) is 6.05. The molecule has 2 amide bonds. The Kier molecular flexibility index (Phi) is 9.86. The SMILES string of the molecule is O=C1CC2(O)CC(=O)OC(C(=O)NCC3CC(c4ccc(N5CCN(C(=O)CN6CCN(C7CCCCC7)CC6)CC5)c(F)c4)=NO3)(O1)OC2=O. The van der Waals surface area contributed by atoms with Gasteiger partial charge in [0.25, 0.3) is 0 Å². The standard InChI is InChI=1S/C34H43FN6O10/c35-25-16-22(26-17-24(51-37-26)20-36-31(45)34-48-29(43)18-33(47,32(46)50-34)19-30(44)49-34)6-7-27(25)40-12-14-41(15-13-40)28(42)21-38-8-10-39(11-9-38)23-4-2-1-3-5-23/h6-7,16,23-24,47H,1-5,8-15,17-21H2,(H,36,45). The number of anilines is 1. The fraction of sp³-hybridized carbons (Fsp3) is 0.647. The van der Waals surface area contributed by atoms with Gasteiger partial charge in [0.05, 0.1) is 37.3 Å². The molecule has 1 aliphatic carbocycles. The Morgan fingerprint density at radius 2 is 1.61 bits per heavy atom. The maximum Gasteiger partial charge on any atom is 0.510 e. The van der Waals surface area contributed by atoms with Crippen molar-refractivity contribution in [2.24, 2.45) is 5.16 Å². The molecule has 0 aromatic heterocycles. The van der Waals surface area contributed by atoms with Gasteiger partial charge in [0.1, 0.15) is 11.9 Å². The number of oxime groups is 1. The maximum atomic E-state index is 15.4. The monoisotopic (exact) mass is 714 g/mol. The zero-order valence-electron chi connectivity index (χ0n) is 28.4. The van der Waals surface area contributed by atoms with Crippen molar-refractivity contribution in [1.82, 2.24) is 20.0 Å². The molecule has 1 aromatic rings. The Morgan fingerprint density at radius 1 is 0.922 bits per heavy atom. The van der Waals surface area contributed by atoms with E-state index >= 15 is 4.39 Å². The summed E-state index contributed by atoms with van der Waals surface area (Å²) in [7, 11) is 0. The highest BCUT2D eigenvalue weighted by atomic mass is 19.1. The first-order chi connectivity index (χ1) is 24.5. The lowest BCUT2D eigenvalue weighted by molar-refractivity contribution is -0.305. The van der Waals surface area contributed by atoms with Crippen molar-refractivity contribution in [1.29, 1.82) is 0 Å². The number of carbonyl (C=O) groups excluding carboxylic acids is 5. The van der Waals surface area contributed by atoms with Gasteiger partial charge in [-0.25, -0.2) is 9.18 Å². The lowest BCUT2D eigenvalue weighted by Crippen LogP contribution is -2.55. The number of benzene rings is 1. The molecule has 5 fully saturated rings. The van der Waals surface area contributed by atoms with E-state index in [0.717, 1.165) is 26.2 Å². The summed E-state index contributed by atoms with van der Waals surface area (Å²) in [6.07, 6.45) is 4.23. The van der Waals surface area contributed by atoms with E-state index in [9.17, 15) is 29.1 Å². The third-order valence-electron chi connectivity index (χ3n) is 10.6. The van der Waals surface area contributed by atoms with E-state index in [2.05, 4.69) is 20.3 Å². The Labute approximate surface area is 293 Å². The molecular weight excluding hydrogens is 671 g/mol. The van der Waals surface area contributed by atoms with Crippen molar-refractivity contribution in [3.05, 3.63) is 29.6 Å². The summed E-state index contributed by atoms with van der Waals surface area (Å²) in [4.78, 5) is 76.8. The summed E-state index contributed by atoms with van der Waals surface area (Å²) in [5.74, 6) is -8.41. The van der Waals surface area contributed by atoms with E-state index < -0.39 is 60.2 Å². The molecule has 2 N–H and O–H groups in total. The minimum absolute atomic E-state index is 0.111. The second-order valence-corrected chi connectivity index (χ2v) is 14.1. The third kappa shape index (κ3) is 7.51. The van der Waals surface area contributed by atoms with Crippen molar-refractivity contribution >= 4 is 41.1 Å². The molecule has 0 spiro atoms. The molecule has 1 unspecified atom stereocenters. The van der Waals surface area contributed by atoms with Gasteiger partial charge in [-0.2, -0.15) is 0 Å².